The molecule has 0 aliphatic carbocycles. The number of carbonyl (C=O) groups is 1. The van der Waals surface area contributed by atoms with Crippen LogP contribution in [0.5, 0.6) is 0 Å². The summed E-state index contributed by atoms with van der Waals surface area (Å²) >= 11 is 6.21. The van der Waals surface area contributed by atoms with Crippen LogP contribution in [0.4, 0.5) is 5.69 Å². The maximum absolute atomic E-state index is 12.6. The standard InChI is InChI=1S/C19H25ClN6O.HI/c1-3-21-19(22-9-8-15-6-4-5-7-17(15)20)25-10-11-26(18(27)14-25)16-12-23-24(2)13-16;/h4-7,12-13H,3,8-11,14H2,1-2H3,(H,21,22);1H. The van der Waals surface area contributed by atoms with E-state index < -0.39 is 0 Å². The Morgan fingerprint density at radius 2 is 2.11 bits per heavy atom. The predicted octanol–water partition coefficient (Wildman–Crippen LogP) is 2.55. The molecule has 1 fully saturated rings. The number of benzene rings is 1. The molecule has 1 saturated heterocycles. The van der Waals surface area contributed by atoms with Gasteiger partial charge in [-0.1, -0.05) is 29.8 Å². The van der Waals surface area contributed by atoms with Crippen LogP contribution < -0.4 is 10.2 Å². The molecule has 0 radical (unpaired) electrons. The van der Waals surface area contributed by atoms with Gasteiger partial charge in [0.1, 0.15) is 6.54 Å². The first-order valence-corrected chi connectivity index (χ1v) is 9.52. The van der Waals surface area contributed by atoms with Crippen molar-refractivity contribution in [2.45, 2.75) is 13.3 Å². The molecule has 28 heavy (non-hydrogen) atoms. The average molecular weight is 517 g/mol. The molecule has 2 aromatic rings. The van der Waals surface area contributed by atoms with Crippen molar-refractivity contribution >= 4 is 53.1 Å². The minimum atomic E-state index is 0. The molecule has 0 atom stereocenters. The van der Waals surface area contributed by atoms with Gasteiger partial charge in [0.2, 0.25) is 5.91 Å². The molecule has 1 amide bonds. The van der Waals surface area contributed by atoms with E-state index in [1.807, 2.05) is 49.3 Å². The van der Waals surface area contributed by atoms with Crippen LogP contribution in [0.15, 0.2) is 41.7 Å². The zero-order valence-electron chi connectivity index (χ0n) is 16.1. The van der Waals surface area contributed by atoms with Crippen molar-refractivity contribution in [1.82, 2.24) is 20.0 Å². The highest BCUT2D eigenvalue weighted by atomic mass is 127. The number of aliphatic imine (C=N–C) groups is 1. The summed E-state index contributed by atoms with van der Waals surface area (Å²) in [6, 6.07) is 7.81. The smallest absolute Gasteiger partial charge is 0.246 e. The molecule has 152 valence electrons. The maximum Gasteiger partial charge on any atom is 0.246 e. The number of carbonyl (C=O) groups excluding carboxylic acids is 1. The highest BCUT2D eigenvalue weighted by molar-refractivity contribution is 14.0. The molecule has 3 rings (SSSR count). The van der Waals surface area contributed by atoms with Crippen molar-refractivity contribution in [2.24, 2.45) is 12.0 Å². The molecule has 0 unspecified atom stereocenters. The number of aromatic nitrogens is 2. The third-order valence-electron chi connectivity index (χ3n) is 4.46. The van der Waals surface area contributed by atoms with Crippen LogP contribution >= 0.6 is 35.6 Å². The number of hydrogen-bond donors (Lipinski definition) is 1. The van der Waals surface area contributed by atoms with Crippen molar-refractivity contribution in [3.63, 3.8) is 0 Å². The molecule has 0 saturated carbocycles. The fourth-order valence-electron chi connectivity index (χ4n) is 3.08. The number of hydrogen-bond acceptors (Lipinski definition) is 3. The number of anilines is 1. The number of halogens is 2. The lowest BCUT2D eigenvalue weighted by atomic mass is 10.1. The van der Waals surface area contributed by atoms with Crippen molar-refractivity contribution in [3.05, 3.63) is 47.2 Å². The quantitative estimate of drug-likeness (QED) is 0.377. The van der Waals surface area contributed by atoms with Gasteiger partial charge in [-0.05, 0) is 25.0 Å². The van der Waals surface area contributed by atoms with E-state index in [0.717, 1.165) is 41.7 Å². The Morgan fingerprint density at radius 3 is 2.75 bits per heavy atom. The van der Waals surface area contributed by atoms with Gasteiger partial charge in [0, 0.05) is 44.4 Å². The maximum atomic E-state index is 12.6. The minimum absolute atomic E-state index is 0. The topological polar surface area (TPSA) is 65.8 Å². The average Bonchev–Trinajstić information content (AvgIpc) is 3.08. The van der Waals surface area contributed by atoms with Crippen molar-refractivity contribution in [2.75, 3.05) is 37.6 Å². The number of aryl methyl sites for hydroxylation is 1. The van der Waals surface area contributed by atoms with Gasteiger partial charge in [-0.25, -0.2) is 0 Å². The van der Waals surface area contributed by atoms with Gasteiger partial charge >= 0.3 is 0 Å². The number of rotatable bonds is 5. The van der Waals surface area contributed by atoms with Crippen LogP contribution in [0.25, 0.3) is 0 Å². The highest BCUT2D eigenvalue weighted by Gasteiger charge is 2.27. The molecule has 0 bridgehead atoms. The molecule has 1 aromatic heterocycles. The number of piperazine rings is 1. The molecule has 1 aliphatic heterocycles. The Bertz CT molecular complexity index is 824. The van der Waals surface area contributed by atoms with Crippen LogP contribution in [0, 0.1) is 0 Å². The normalized spacial score (nSPS) is 14.8. The zero-order valence-corrected chi connectivity index (χ0v) is 19.2. The van der Waals surface area contributed by atoms with Gasteiger partial charge in [0.15, 0.2) is 5.96 Å². The van der Waals surface area contributed by atoms with Crippen molar-refractivity contribution in [1.29, 1.82) is 0 Å². The summed E-state index contributed by atoms with van der Waals surface area (Å²) < 4.78 is 1.70. The van der Waals surface area contributed by atoms with Gasteiger partial charge in [0.25, 0.3) is 0 Å². The van der Waals surface area contributed by atoms with Gasteiger partial charge in [-0.2, -0.15) is 5.10 Å². The molecule has 1 aliphatic rings. The van der Waals surface area contributed by atoms with Gasteiger partial charge < -0.3 is 15.1 Å². The second kappa shape index (κ2) is 10.7. The van der Waals surface area contributed by atoms with E-state index in [9.17, 15) is 4.79 Å². The van der Waals surface area contributed by atoms with E-state index in [0.29, 0.717) is 19.6 Å². The first kappa shape index (κ1) is 22.5. The largest absolute Gasteiger partial charge is 0.357 e. The van der Waals surface area contributed by atoms with Gasteiger partial charge in [0.05, 0.1) is 11.9 Å². The van der Waals surface area contributed by atoms with E-state index in [4.69, 9.17) is 16.6 Å². The molecular formula is C19H26ClIN6O. The summed E-state index contributed by atoms with van der Waals surface area (Å²) in [5.41, 5.74) is 1.92. The van der Waals surface area contributed by atoms with Crippen molar-refractivity contribution < 1.29 is 4.79 Å². The summed E-state index contributed by atoms with van der Waals surface area (Å²) in [6.45, 7) is 5.02. The molecular weight excluding hydrogens is 491 g/mol. The van der Waals surface area contributed by atoms with E-state index in [1.165, 1.54) is 0 Å². The molecule has 1 aromatic carbocycles. The van der Waals surface area contributed by atoms with Crippen LogP contribution in [-0.2, 0) is 18.3 Å². The second-order valence-corrected chi connectivity index (χ2v) is 6.82. The Kier molecular flexibility index (Phi) is 8.56. The van der Waals surface area contributed by atoms with E-state index in [1.54, 1.807) is 15.8 Å². The number of amides is 1. The Balaban J connectivity index is 0.00000280. The van der Waals surface area contributed by atoms with E-state index in [2.05, 4.69) is 10.4 Å². The lowest BCUT2D eigenvalue weighted by molar-refractivity contribution is -0.120. The first-order chi connectivity index (χ1) is 13.1. The predicted molar refractivity (Wildman–Crippen MR) is 124 cm³/mol. The molecule has 1 N–H and O–H groups in total. The molecule has 9 heteroatoms. The van der Waals surface area contributed by atoms with Crippen LogP contribution in [0.3, 0.4) is 0 Å². The van der Waals surface area contributed by atoms with E-state index >= 15 is 0 Å². The summed E-state index contributed by atoms with van der Waals surface area (Å²) in [5, 5.41) is 8.20. The van der Waals surface area contributed by atoms with Crippen LogP contribution in [0.1, 0.15) is 12.5 Å². The fraction of sp³-hybridized carbons (Fsp3) is 0.421. The zero-order chi connectivity index (χ0) is 19.2. The number of nitrogens with zero attached hydrogens (tertiary/aromatic N) is 5. The fourth-order valence-corrected chi connectivity index (χ4v) is 3.31. The van der Waals surface area contributed by atoms with Crippen LogP contribution in [-0.4, -0.2) is 59.3 Å². The Labute approximate surface area is 187 Å². The summed E-state index contributed by atoms with van der Waals surface area (Å²) in [6.07, 6.45) is 4.34. The van der Waals surface area contributed by atoms with Gasteiger partial charge in [-0.3, -0.25) is 14.5 Å². The highest BCUT2D eigenvalue weighted by Crippen LogP contribution is 2.17. The lowest BCUT2D eigenvalue weighted by Crippen LogP contribution is -2.55. The Morgan fingerprint density at radius 1 is 1.32 bits per heavy atom. The first-order valence-electron chi connectivity index (χ1n) is 9.14. The van der Waals surface area contributed by atoms with E-state index in [-0.39, 0.29) is 29.9 Å². The third kappa shape index (κ3) is 5.60. The monoisotopic (exact) mass is 516 g/mol. The van der Waals surface area contributed by atoms with Crippen molar-refractivity contribution in [3.8, 4) is 0 Å². The third-order valence-corrected chi connectivity index (χ3v) is 4.83. The summed E-state index contributed by atoms with van der Waals surface area (Å²) in [7, 11) is 1.85. The summed E-state index contributed by atoms with van der Waals surface area (Å²) in [5.74, 6) is 0.815. The minimum Gasteiger partial charge on any atom is -0.357 e. The number of guanidine groups is 1. The Hall–Kier alpha value is -1.81. The number of nitrogens with one attached hydrogen (secondary N) is 1. The lowest BCUT2D eigenvalue weighted by Gasteiger charge is -2.35. The van der Waals surface area contributed by atoms with Crippen LogP contribution in [0.2, 0.25) is 5.02 Å². The second-order valence-electron chi connectivity index (χ2n) is 6.42. The molecule has 0 spiro atoms. The molecule has 2 heterocycles. The van der Waals surface area contributed by atoms with Gasteiger partial charge in [-0.15, -0.1) is 24.0 Å². The SMILES string of the molecule is CCNC(=NCCc1ccccc1Cl)N1CCN(c2cnn(C)c2)C(=O)C1.I. The summed E-state index contributed by atoms with van der Waals surface area (Å²) in [4.78, 5) is 21.1. The molecule has 7 nitrogen and oxygen atoms in total.